The highest BCUT2D eigenvalue weighted by atomic mass is 19.1. The molecule has 0 saturated heterocycles. The molecule has 0 saturated carbocycles. The lowest BCUT2D eigenvalue weighted by molar-refractivity contribution is -0.116. The highest BCUT2D eigenvalue weighted by molar-refractivity contribution is 5.91. The van der Waals surface area contributed by atoms with E-state index in [1.807, 2.05) is 48.0 Å². The zero-order chi connectivity index (χ0) is 15.5. The van der Waals surface area contributed by atoms with Gasteiger partial charge in [0.15, 0.2) is 0 Å². The molecule has 3 nitrogen and oxygen atoms in total. The van der Waals surface area contributed by atoms with Gasteiger partial charge in [0, 0.05) is 24.7 Å². The first-order chi connectivity index (χ1) is 10.6. The van der Waals surface area contributed by atoms with Crippen LogP contribution in [0.4, 0.5) is 10.1 Å². The summed E-state index contributed by atoms with van der Waals surface area (Å²) in [6.45, 7) is 2.42. The predicted molar refractivity (Wildman–Crippen MR) is 86.3 cm³/mol. The van der Waals surface area contributed by atoms with Crippen LogP contribution in [0.3, 0.4) is 0 Å². The molecule has 0 fully saturated rings. The molecule has 4 heteroatoms. The molecule has 0 aliphatic carbocycles. The van der Waals surface area contributed by atoms with Gasteiger partial charge in [0.1, 0.15) is 5.82 Å². The fourth-order valence-corrected chi connectivity index (χ4v) is 2.51. The molecule has 1 N–H and O–H groups in total. The summed E-state index contributed by atoms with van der Waals surface area (Å²) in [5.74, 6) is -0.604. The Hall–Kier alpha value is -2.62. The van der Waals surface area contributed by atoms with Crippen molar-refractivity contribution < 1.29 is 9.18 Å². The zero-order valence-electron chi connectivity index (χ0n) is 12.3. The maximum atomic E-state index is 13.6. The van der Waals surface area contributed by atoms with E-state index in [2.05, 4.69) is 5.32 Å². The molecule has 1 amide bonds. The number of aromatic nitrogens is 1. The van der Waals surface area contributed by atoms with Crippen LogP contribution in [0.25, 0.3) is 10.9 Å². The predicted octanol–water partition coefficient (Wildman–Crippen LogP) is 4.12. The second-order valence-corrected chi connectivity index (χ2v) is 5.35. The number of amides is 1. The summed E-state index contributed by atoms with van der Waals surface area (Å²) in [7, 11) is 0. The minimum absolute atomic E-state index is 0.192. The summed E-state index contributed by atoms with van der Waals surface area (Å²) in [5.41, 5.74) is 2.24. The molecule has 0 unspecified atom stereocenters. The second kappa shape index (κ2) is 6.02. The van der Waals surface area contributed by atoms with Crippen LogP contribution < -0.4 is 5.32 Å². The van der Waals surface area contributed by atoms with Gasteiger partial charge in [0.05, 0.1) is 5.69 Å². The Morgan fingerprint density at radius 1 is 1.18 bits per heavy atom. The van der Waals surface area contributed by atoms with E-state index in [1.165, 1.54) is 6.07 Å². The average Bonchev–Trinajstić information content (AvgIpc) is 2.92. The van der Waals surface area contributed by atoms with Gasteiger partial charge in [-0.15, -0.1) is 0 Å². The monoisotopic (exact) mass is 296 g/mol. The number of benzene rings is 2. The molecule has 0 aliphatic heterocycles. The highest BCUT2D eigenvalue weighted by Crippen LogP contribution is 2.17. The molecule has 112 valence electrons. The van der Waals surface area contributed by atoms with Gasteiger partial charge >= 0.3 is 0 Å². The third-order valence-electron chi connectivity index (χ3n) is 3.66. The van der Waals surface area contributed by atoms with Gasteiger partial charge in [0.25, 0.3) is 0 Å². The summed E-state index contributed by atoms with van der Waals surface area (Å²) in [6.07, 6.45) is 2.26. The average molecular weight is 296 g/mol. The number of nitrogens with zero attached hydrogens (tertiary/aromatic N) is 1. The molecule has 3 rings (SSSR count). The van der Waals surface area contributed by atoms with Crippen molar-refractivity contribution in [2.75, 3.05) is 5.32 Å². The Balaban J connectivity index is 1.66. The largest absolute Gasteiger partial charge is 0.347 e. The number of halogens is 1. The topological polar surface area (TPSA) is 34.0 Å². The van der Waals surface area contributed by atoms with Gasteiger partial charge in [0.2, 0.25) is 5.91 Å². The molecule has 22 heavy (non-hydrogen) atoms. The first kappa shape index (κ1) is 14.3. The van der Waals surface area contributed by atoms with Crippen molar-refractivity contribution in [3.05, 3.63) is 66.1 Å². The fourth-order valence-electron chi connectivity index (χ4n) is 2.51. The molecule has 1 heterocycles. The highest BCUT2D eigenvalue weighted by Gasteiger charge is 2.08. The summed E-state index contributed by atoms with van der Waals surface area (Å²) in [6, 6.07) is 14.7. The molecule has 0 bridgehead atoms. The number of anilines is 1. The Morgan fingerprint density at radius 2 is 2.00 bits per heavy atom. The second-order valence-electron chi connectivity index (χ2n) is 5.35. The standard InChI is InChI=1S/C18H17FN2O/c1-13-6-7-15(19)16(12-13)20-18(22)9-11-21-10-8-14-4-2-3-5-17(14)21/h2-8,10,12H,9,11H2,1H3,(H,20,22). The van der Waals surface area contributed by atoms with Gasteiger partial charge in [-0.05, 0) is 42.1 Å². The van der Waals surface area contributed by atoms with Crippen LogP contribution in [0.5, 0.6) is 0 Å². The summed E-state index contributed by atoms with van der Waals surface area (Å²) in [5, 5.41) is 3.78. The van der Waals surface area contributed by atoms with Crippen molar-refractivity contribution in [1.29, 1.82) is 0 Å². The molecule has 2 aromatic carbocycles. The van der Waals surface area contributed by atoms with Crippen molar-refractivity contribution in [2.24, 2.45) is 0 Å². The SMILES string of the molecule is Cc1ccc(F)c(NC(=O)CCn2ccc3ccccc32)c1. The smallest absolute Gasteiger partial charge is 0.226 e. The van der Waals surface area contributed by atoms with E-state index >= 15 is 0 Å². The van der Waals surface area contributed by atoms with Crippen molar-refractivity contribution in [3.8, 4) is 0 Å². The minimum atomic E-state index is -0.412. The van der Waals surface area contributed by atoms with E-state index in [0.717, 1.165) is 16.5 Å². The normalized spacial score (nSPS) is 10.8. The van der Waals surface area contributed by atoms with E-state index in [0.29, 0.717) is 13.0 Å². The van der Waals surface area contributed by atoms with Crippen molar-refractivity contribution in [2.45, 2.75) is 19.9 Å². The van der Waals surface area contributed by atoms with Crippen molar-refractivity contribution in [3.63, 3.8) is 0 Å². The fraction of sp³-hybridized carbons (Fsp3) is 0.167. The lowest BCUT2D eigenvalue weighted by Gasteiger charge is -2.08. The number of hydrogen-bond acceptors (Lipinski definition) is 1. The number of fused-ring (bicyclic) bond motifs is 1. The van der Waals surface area contributed by atoms with E-state index in [-0.39, 0.29) is 11.6 Å². The number of nitrogens with one attached hydrogen (secondary N) is 1. The van der Waals surface area contributed by atoms with Crippen LogP contribution in [0.2, 0.25) is 0 Å². The third-order valence-corrected chi connectivity index (χ3v) is 3.66. The van der Waals surface area contributed by atoms with Crippen LogP contribution in [0, 0.1) is 12.7 Å². The first-order valence-corrected chi connectivity index (χ1v) is 7.23. The molecule has 3 aromatic rings. The van der Waals surface area contributed by atoms with Crippen LogP contribution in [-0.2, 0) is 11.3 Å². The summed E-state index contributed by atoms with van der Waals surface area (Å²) < 4.78 is 15.7. The van der Waals surface area contributed by atoms with Gasteiger partial charge in [-0.25, -0.2) is 4.39 Å². The van der Waals surface area contributed by atoms with Crippen molar-refractivity contribution >= 4 is 22.5 Å². The molecule has 0 atom stereocenters. The maximum Gasteiger partial charge on any atom is 0.226 e. The van der Waals surface area contributed by atoms with E-state index in [9.17, 15) is 9.18 Å². The van der Waals surface area contributed by atoms with Gasteiger partial charge in [-0.1, -0.05) is 24.3 Å². The number of hydrogen-bond donors (Lipinski definition) is 1. The molecule has 0 radical (unpaired) electrons. The van der Waals surface area contributed by atoms with Crippen molar-refractivity contribution in [1.82, 2.24) is 4.57 Å². The molecule has 0 spiro atoms. The third kappa shape index (κ3) is 3.01. The van der Waals surface area contributed by atoms with Crippen LogP contribution >= 0.6 is 0 Å². The van der Waals surface area contributed by atoms with Gasteiger partial charge in [-0.3, -0.25) is 4.79 Å². The van der Waals surface area contributed by atoms with Crippen LogP contribution in [0.1, 0.15) is 12.0 Å². The lowest BCUT2D eigenvalue weighted by atomic mass is 10.2. The van der Waals surface area contributed by atoms with E-state index in [4.69, 9.17) is 0 Å². The Labute approximate surface area is 128 Å². The molecular formula is C18H17FN2O. The lowest BCUT2D eigenvalue weighted by Crippen LogP contribution is -2.15. The maximum absolute atomic E-state index is 13.6. The quantitative estimate of drug-likeness (QED) is 0.772. The summed E-state index contributed by atoms with van der Waals surface area (Å²) >= 11 is 0. The number of carbonyl (C=O) groups is 1. The molecule has 1 aromatic heterocycles. The number of aryl methyl sites for hydroxylation is 2. The molecular weight excluding hydrogens is 279 g/mol. The minimum Gasteiger partial charge on any atom is -0.347 e. The summed E-state index contributed by atoms with van der Waals surface area (Å²) in [4.78, 5) is 12.0. The molecule has 0 aliphatic rings. The number of rotatable bonds is 4. The Morgan fingerprint density at radius 3 is 2.86 bits per heavy atom. The first-order valence-electron chi connectivity index (χ1n) is 7.23. The number of para-hydroxylation sites is 1. The van der Waals surface area contributed by atoms with Gasteiger partial charge < -0.3 is 9.88 Å². The van der Waals surface area contributed by atoms with E-state index in [1.54, 1.807) is 12.1 Å². The van der Waals surface area contributed by atoms with Crippen LogP contribution in [-0.4, -0.2) is 10.5 Å². The number of carbonyl (C=O) groups excluding carboxylic acids is 1. The van der Waals surface area contributed by atoms with Gasteiger partial charge in [-0.2, -0.15) is 0 Å². The van der Waals surface area contributed by atoms with E-state index < -0.39 is 5.82 Å². The Bertz CT molecular complexity index is 823. The Kier molecular flexibility index (Phi) is 3.92. The zero-order valence-corrected chi connectivity index (χ0v) is 12.3. The van der Waals surface area contributed by atoms with Crippen LogP contribution in [0.15, 0.2) is 54.7 Å².